The Bertz CT molecular complexity index is 992. The van der Waals surface area contributed by atoms with Gasteiger partial charge < -0.3 is 14.8 Å². The predicted molar refractivity (Wildman–Crippen MR) is 109 cm³/mol. The number of hydrogen-bond acceptors (Lipinski definition) is 7. The lowest BCUT2D eigenvalue weighted by Gasteiger charge is -2.10. The normalized spacial score (nSPS) is 11.0. The fourth-order valence-electron chi connectivity index (χ4n) is 2.60. The first-order chi connectivity index (χ1) is 14.3. The number of rotatable bonds is 11. The number of benzene rings is 2. The number of ether oxygens (including phenoxy) is 2. The minimum absolute atomic E-state index is 0.0125. The van der Waals surface area contributed by atoms with Gasteiger partial charge in [-0.1, -0.05) is 6.07 Å². The zero-order valence-corrected chi connectivity index (χ0v) is 17.4. The number of carbonyl (C=O) groups is 1. The Hall–Kier alpha value is -3.18. The van der Waals surface area contributed by atoms with Gasteiger partial charge in [0, 0.05) is 31.6 Å². The maximum Gasteiger partial charge on any atom is 0.269 e. The number of aryl methyl sites for hydroxylation is 1. The Morgan fingerprint density at radius 3 is 2.30 bits per heavy atom. The molecule has 1 amide bonds. The summed E-state index contributed by atoms with van der Waals surface area (Å²) in [5, 5.41) is 13.3. The van der Waals surface area contributed by atoms with Gasteiger partial charge in [-0.15, -0.1) is 0 Å². The summed E-state index contributed by atoms with van der Waals surface area (Å²) in [6.07, 6.45) is 0.714. The van der Waals surface area contributed by atoms with Crippen molar-refractivity contribution >= 4 is 21.6 Å². The predicted octanol–water partition coefficient (Wildman–Crippen LogP) is 1.64. The van der Waals surface area contributed by atoms with E-state index < -0.39 is 14.9 Å². The van der Waals surface area contributed by atoms with E-state index in [0.717, 1.165) is 29.8 Å². The van der Waals surface area contributed by atoms with Gasteiger partial charge in [-0.05, 0) is 36.2 Å². The number of hydrogen-bond donors (Lipinski definition) is 2. The van der Waals surface area contributed by atoms with Crippen molar-refractivity contribution in [2.45, 2.75) is 17.7 Å². The summed E-state index contributed by atoms with van der Waals surface area (Å²) in [6.45, 7) is 0.0956. The van der Waals surface area contributed by atoms with E-state index in [4.69, 9.17) is 9.47 Å². The number of non-ortho nitro benzene ring substituents is 1. The van der Waals surface area contributed by atoms with Crippen LogP contribution < -0.4 is 19.5 Å². The van der Waals surface area contributed by atoms with Crippen molar-refractivity contribution in [1.29, 1.82) is 0 Å². The van der Waals surface area contributed by atoms with Crippen molar-refractivity contribution in [3.05, 3.63) is 58.1 Å². The van der Waals surface area contributed by atoms with Crippen LogP contribution in [0.2, 0.25) is 0 Å². The van der Waals surface area contributed by atoms with E-state index in [9.17, 15) is 23.3 Å². The highest BCUT2D eigenvalue weighted by molar-refractivity contribution is 7.89. The van der Waals surface area contributed by atoms with Crippen LogP contribution in [0.5, 0.6) is 11.5 Å². The quantitative estimate of drug-likeness (QED) is 0.310. The van der Waals surface area contributed by atoms with Crippen LogP contribution >= 0.6 is 0 Å². The van der Waals surface area contributed by atoms with E-state index in [0.29, 0.717) is 17.9 Å². The van der Waals surface area contributed by atoms with E-state index in [2.05, 4.69) is 10.0 Å². The molecule has 11 heteroatoms. The van der Waals surface area contributed by atoms with Gasteiger partial charge in [-0.2, -0.15) is 0 Å². The van der Waals surface area contributed by atoms with Crippen molar-refractivity contribution < 1.29 is 27.6 Å². The van der Waals surface area contributed by atoms with Crippen LogP contribution in [0.15, 0.2) is 47.4 Å². The molecule has 2 aromatic rings. The van der Waals surface area contributed by atoms with Crippen LogP contribution in [-0.2, 0) is 21.2 Å². The van der Waals surface area contributed by atoms with Crippen LogP contribution in [0, 0.1) is 10.1 Å². The number of nitro groups is 1. The number of nitro benzene ring substituents is 1. The molecule has 30 heavy (non-hydrogen) atoms. The van der Waals surface area contributed by atoms with Gasteiger partial charge in [-0.25, -0.2) is 13.1 Å². The molecule has 0 aliphatic rings. The highest BCUT2D eigenvalue weighted by atomic mass is 32.2. The Kier molecular flexibility index (Phi) is 8.13. The molecule has 0 spiro atoms. The number of nitrogens with zero attached hydrogens (tertiary/aromatic N) is 1. The van der Waals surface area contributed by atoms with Crippen LogP contribution in [0.4, 0.5) is 5.69 Å². The van der Waals surface area contributed by atoms with Gasteiger partial charge >= 0.3 is 0 Å². The second kappa shape index (κ2) is 10.6. The molecule has 10 nitrogen and oxygen atoms in total. The van der Waals surface area contributed by atoms with Crippen LogP contribution in [0.25, 0.3) is 0 Å². The van der Waals surface area contributed by atoms with Crippen LogP contribution in [-0.4, -0.2) is 46.6 Å². The fraction of sp³-hybridized carbons (Fsp3) is 0.316. The van der Waals surface area contributed by atoms with Crippen LogP contribution in [0.1, 0.15) is 12.0 Å². The molecule has 2 N–H and O–H groups in total. The largest absolute Gasteiger partial charge is 0.493 e. The molecule has 0 saturated carbocycles. The van der Waals surface area contributed by atoms with Crippen molar-refractivity contribution in [3.63, 3.8) is 0 Å². The van der Waals surface area contributed by atoms with E-state index in [1.165, 1.54) is 7.11 Å². The van der Waals surface area contributed by atoms with Crippen molar-refractivity contribution in [1.82, 2.24) is 10.0 Å². The fourth-order valence-corrected chi connectivity index (χ4v) is 3.63. The molecular formula is C19H23N3O7S. The van der Waals surface area contributed by atoms with Crippen molar-refractivity contribution in [2.24, 2.45) is 0 Å². The van der Waals surface area contributed by atoms with Gasteiger partial charge in [0.05, 0.1) is 24.0 Å². The third-order valence-corrected chi connectivity index (χ3v) is 5.66. The molecule has 0 aliphatic carbocycles. The van der Waals surface area contributed by atoms with Crippen LogP contribution in [0.3, 0.4) is 0 Å². The molecule has 0 radical (unpaired) electrons. The Balaban J connectivity index is 1.77. The van der Waals surface area contributed by atoms with E-state index in [-0.39, 0.29) is 36.0 Å². The second-order valence-corrected chi connectivity index (χ2v) is 7.96. The van der Waals surface area contributed by atoms with Gasteiger partial charge in [0.25, 0.3) is 5.69 Å². The second-order valence-electron chi connectivity index (χ2n) is 6.19. The minimum Gasteiger partial charge on any atom is -0.493 e. The molecule has 0 atom stereocenters. The van der Waals surface area contributed by atoms with Gasteiger partial charge in [0.1, 0.15) is 0 Å². The summed E-state index contributed by atoms with van der Waals surface area (Å²) in [4.78, 5) is 21.9. The summed E-state index contributed by atoms with van der Waals surface area (Å²) in [5.74, 6) is 0.960. The molecule has 0 fully saturated rings. The number of carbonyl (C=O) groups excluding carboxylic acids is 1. The lowest BCUT2D eigenvalue weighted by Crippen LogP contribution is -2.34. The molecule has 0 saturated heterocycles. The summed E-state index contributed by atoms with van der Waals surface area (Å²) in [7, 11) is -0.744. The summed E-state index contributed by atoms with van der Waals surface area (Å²) in [5.41, 5.74) is 0.706. The Morgan fingerprint density at radius 2 is 1.70 bits per heavy atom. The van der Waals surface area contributed by atoms with Gasteiger partial charge in [0.2, 0.25) is 15.9 Å². The maximum atomic E-state index is 12.2. The van der Waals surface area contributed by atoms with E-state index >= 15 is 0 Å². The lowest BCUT2D eigenvalue weighted by molar-refractivity contribution is -0.384. The van der Waals surface area contributed by atoms with Gasteiger partial charge in [0.15, 0.2) is 11.5 Å². The number of nitrogens with one attached hydrogen (secondary N) is 2. The van der Waals surface area contributed by atoms with Crippen molar-refractivity contribution in [2.75, 3.05) is 27.3 Å². The minimum atomic E-state index is -3.82. The smallest absolute Gasteiger partial charge is 0.269 e. The van der Waals surface area contributed by atoms with E-state index in [1.54, 1.807) is 19.2 Å². The molecule has 162 valence electrons. The Morgan fingerprint density at radius 1 is 1.03 bits per heavy atom. The highest BCUT2D eigenvalue weighted by Gasteiger charge is 2.15. The molecule has 0 bridgehead atoms. The lowest BCUT2D eigenvalue weighted by atomic mass is 10.1. The molecule has 2 aromatic carbocycles. The molecule has 0 aromatic heterocycles. The number of sulfonamides is 1. The third-order valence-electron chi connectivity index (χ3n) is 4.19. The molecule has 0 aliphatic heterocycles. The first kappa shape index (κ1) is 23.1. The maximum absolute atomic E-state index is 12.2. The third kappa shape index (κ3) is 6.42. The van der Waals surface area contributed by atoms with E-state index in [1.807, 2.05) is 6.07 Å². The molecular weight excluding hydrogens is 414 g/mol. The summed E-state index contributed by atoms with van der Waals surface area (Å²) in [6, 6.07) is 9.94. The van der Waals surface area contributed by atoms with Gasteiger partial charge in [-0.3, -0.25) is 14.9 Å². The highest BCUT2D eigenvalue weighted by Crippen LogP contribution is 2.27. The monoisotopic (exact) mass is 437 g/mol. The first-order valence-corrected chi connectivity index (χ1v) is 10.5. The topological polar surface area (TPSA) is 137 Å². The zero-order valence-electron chi connectivity index (χ0n) is 16.6. The molecule has 0 heterocycles. The summed E-state index contributed by atoms with van der Waals surface area (Å²) < 4.78 is 37.1. The number of methoxy groups -OCH3 is 2. The van der Waals surface area contributed by atoms with Crippen molar-refractivity contribution in [3.8, 4) is 11.5 Å². The number of amides is 1. The average molecular weight is 437 g/mol. The molecule has 0 unspecified atom stereocenters. The zero-order chi connectivity index (χ0) is 22.1. The molecule has 2 rings (SSSR count). The first-order valence-electron chi connectivity index (χ1n) is 8.98. The Labute approximate surface area is 174 Å². The standard InChI is InChI=1S/C19H23N3O7S/c1-28-17-9-3-14(13-18(17)29-2)4-10-19(23)20-11-12-21-30(26,27)16-7-5-15(6-8-16)22(24)25/h3,5-9,13,21H,4,10-12H2,1-2H3,(H,20,23). The SMILES string of the molecule is COc1ccc(CCC(=O)NCCNS(=O)(=O)c2ccc([N+](=O)[O-])cc2)cc1OC. The average Bonchev–Trinajstić information content (AvgIpc) is 2.75. The summed E-state index contributed by atoms with van der Waals surface area (Å²) >= 11 is 0.